The lowest BCUT2D eigenvalue weighted by molar-refractivity contribution is -0.118. The lowest BCUT2D eigenvalue weighted by atomic mass is 9.67. The molecule has 1 fully saturated rings. The van der Waals surface area contributed by atoms with E-state index in [1.54, 1.807) is 12.1 Å². The Kier molecular flexibility index (Phi) is 6.24. The molecule has 1 heterocycles. The third kappa shape index (κ3) is 4.29. The van der Waals surface area contributed by atoms with Gasteiger partial charge >= 0.3 is 0 Å². The highest BCUT2D eigenvalue weighted by atomic mass is 79.9. The topological polar surface area (TPSA) is 55.8 Å². The van der Waals surface area contributed by atoms with Crippen molar-refractivity contribution < 1.29 is 19.4 Å². The second-order valence-corrected chi connectivity index (χ2v) is 9.38. The Morgan fingerprint density at radius 1 is 1.17 bits per heavy atom. The van der Waals surface area contributed by atoms with Crippen LogP contribution in [0.25, 0.3) is 5.57 Å². The van der Waals surface area contributed by atoms with Crippen molar-refractivity contribution in [3.05, 3.63) is 62.8 Å². The van der Waals surface area contributed by atoms with Gasteiger partial charge in [0.05, 0.1) is 10.6 Å². The van der Waals surface area contributed by atoms with Gasteiger partial charge in [-0.25, -0.2) is 0 Å². The minimum atomic E-state index is -0.172. The number of ketones is 1. The number of aliphatic hydroxyl groups excluding tert-OH is 1. The van der Waals surface area contributed by atoms with Gasteiger partial charge in [-0.15, -0.1) is 0 Å². The van der Waals surface area contributed by atoms with Crippen LogP contribution < -0.4 is 4.74 Å². The lowest BCUT2D eigenvalue weighted by Gasteiger charge is -2.39. The summed E-state index contributed by atoms with van der Waals surface area (Å²) in [7, 11) is 0. The first kappa shape index (κ1) is 21.4. The summed E-state index contributed by atoms with van der Waals surface area (Å²) in [4.78, 5) is 13.2. The van der Waals surface area contributed by atoms with E-state index in [9.17, 15) is 9.90 Å². The number of rotatable bonds is 4. The maximum atomic E-state index is 13.2. The summed E-state index contributed by atoms with van der Waals surface area (Å²) in [6.45, 7) is 3.33. The first-order valence-corrected chi connectivity index (χ1v) is 11.4. The minimum absolute atomic E-state index is 0.00539. The number of hydrogen-bond donors (Lipinski definition) is 1. The summed E-state index contributed by atoms with van der Waals surface area (Å²) in [5.41, 5.74) is 2.00. The van der Waals surface area contributed by atoms with E-state index in [0.29, 0.717) is 48.2 Å². The lowest BCUT2D eigenvalue weighted by Crippen LogP contribution is -2.36. The molecule has 1 aliphatic carbocycles. The highest BCUT2D eigenvalue weighted by Crippen LogP contribution is 2.47. The van der Waals surface area contributed by atoms with Crippen molar-refractivity contribution in [1.29, 1.82) is 0 Å². The van der Waals surface area contributed by atoms with Crippen LogP contribution in [0.15, 0.2) is 46.6 Å². The van der Waals surface area contributed by atoms with E-state index in [4.69, 9.17) is 21.1 Å². The average molecular weight is 492 g/mol. The number of aliphatic hydroxyl groups is 1. The molecule has 1 saturated heterocycles. The average Bonchev–Trinajstić information content (AvgIpc) is 2.70. The Morgan fingerprint density at radius 2 is 1.93 bits per heavy atom. The van der Waals surface area contributed by atoms with Crippen molar-refractivity contribution in [3.8, 4) is 11.5 Å². The van der Waals surface area contributed by atoms with Crippen molar-refractivity contribution in [2.24, 2.45) is 5.41 Å². The van der Waals surface area contributed by atoms with Crippen LogP contribution in [0.3, 0.4) is 0 Å². The molecule has 2 aromatic rings. The standard InChI is InChI=1S/C24H24BrClO4/c1-2-15-3-5-17(30-22-6-4-16(25)11-19(22)26)12-18(15)23-20(27)13-24(14-21(23)28)7-9-29-10-8-24/h3-6,11-12,27H,2,7-10,13-14H2,1H3. The Bertz CT molecular complexity index is 1010. The molecule has 1 N–H and O–H groups in total. The molecule has 0 bridgehead atoms. The molecule has 30 heavy (non-hydrogen) atoms. The van der Waals surface area contributed by atoms with E-state index in [0.717, 1.165) is 34.9 Å². The van der Waals surface area contributed by atoms with E-state index < -0.39 is 0 Å². The molecule has 1 aliphatic heterocycles. The second-order valence-electron chi connectivity index (χ2n) is 8.06. The summed E-state index contributed by atoms with van der Waals surface area (Å²) in [6.07, 6.45) is 3.33. The summed E-state index contributed by atoms with van der Waals surface area (Å²) in [6, 6.07) is 11.1. The SMILES string of the molecule is CCc1ccc(Oc2ccc(Br)cc2Cl)cc1C1=C(O)CC2(CCOCC2)CC1=O. The molecule has 0 aromatic heterocycles. The van der Waals surface area contributed by atoms with Crippen LogP contribution in [0.1, 0.15) is 43.7 Å². The fourth-order valence-corrected chi connectivity index (χ4v) is 5.12. The maximum absolute atomic E-state index is 13.2. The number of halogens is 2. The first-order chi connectivity index (χ1) is 14.4. The highest BCUT2D eigenvalue weighted by molar-refractivity contribution is 9.10. The van der Waals surface area contributed by atoms with Gasteiger partial charge in [-0.3, -0.25) is 4.79 Å². The second kappa shape index (κ2) is 8.74. The van der Waals surface area contributed by atoms with Crippen molar-refractivity contribution >= 4 is 38.9 Å². The van der Waals surface area contributed by atoms with Crippen LogP contribution in [-0.4, -0.2) is 24.1 Å². The molecular weight excluding hydrogens is 468 g/mol. The number of aryl methyl sites for hydroxylation is 1. The number of ether oxygens (including phenoxy) is 2. The van der Waals surface area contributed by atoms with E-state index in [1.807, 2.05) is 31.2 Å². The largest absolute Gasteiger partial charge is 0.512 e. The van der Waals surface area contributed by atoms with Gasteiger partial charge in [0.1, 0.15) is 17.3 Å². The highest BCUT2D eigenvalue weighted by Gasteiger charge is 2.41. The molecule has 0 unspecified atom stereocenters. The molecule has 0 amide bonds. The maximum Gasteiger partial charge on any atom is 0.167 e. The van der Waals surface area contributed by atoms with Gasteiger partial charge in [-0.1, -0.05) is 40.5 Å². The Hall–Kier alpha value is -1.82. The van der Waals surface area contributed by atoms with Crippen molar-refractivity contribution in [2.45, 2.75) is 39.0 Å². The van der Waals surface area contributed by atoms with Crippen LogP contribution in [0, 0.1) is 5.41 Å². The van der Waals surface area contributed by atoms with Crippen LogP contribution in [0.4, 0.5) is 0 Å². The third-order valence-corrected chi connectivity index (χ3v) is 6.84. The molecule has 4 rings (SSSR count). The zero-order valence-corrected chi connectivity index (χ0v) is 19.2. The fourth-order valence-electron chi connectivity index (χ4n) is 4.40. The van der Waals surface area contributed by atoms with E-state index in [1.165, 1.54) is 0 Å². The van der Waals surface area contributed by atoms with Gasteiger partial charge in [-0.05, 0) is 66.1 Å². The van der Waals surface area contributed by atoms with Crippen molar-refractivity contribution in [3.63, 3.8) is 0 Å². The van der Waals surface area contributed by atoms with Crippen molar-refractivity contribution in [2.75, 3.05) is 13.2 Å². The quantitative estimate of drug-likeness (QED) is 0.506. The number of hydrogen-bond acceptors (Lipinski definition) is 4. The zero-order valence-electron chi connectivity index (χ0n) is 16.8. The summed E-state index contributed by atoms with van der Waals surface area (Å²) < 4.78 is 12.3. The van der Waals surface area contributed by atoms with E-state index in [2.05, 4.69) is 15.9 Å². The predicted molar refractivity (Wildman–Crippen MR) is 121 cm³/mol. The molecule has 0 atom stereocenters. The van der Waals surface area contributed by atoms with Gasteiger partial charge in [0.2, 0.25) is 0 Å². The molecule has 6 heteroatoms. The first-order valence-electron chi connectivity index (χ1n) is 10.2. The number of carbonyl (C=O) groups excluding carboxylic acids is 1. The van der Waals surface area contributed by atoms with Gasteiger partial charge in [0.25, 0.3) is 0 Å². The molecule has 158 valence electrons. The third-order valence-electron chi connectivity index (χ3n) is 6.05. The number of benzene rings is 2. The Balaban J connectivity index is 1.69. The predicted octanol–water partition coefficient (Wildman–Crippen LogP) is 6.89. The molecule has 1 spiro atoms. The van der Waals surface area contributed by atoms with Gasteiger partial charge in [-0.2, -0.15) is 0 Å². The van der Waals surface area contributed by atoms with Gasteiger partial charge in [0.15, 0.2) is 5.78 Å². The Morgan fingerprint density at radius 3 is 2.60 bits per heavy atom. The molecule has 2 aliphatic rings. The monoisotopic (exact) mass is 490 g/mol. The van der Waals surface area contributed by atoms with E-state index in [-0.39, 0.29) is 17.0 Å². The smallest absolute Gasteiger partial charge is 0.167 e. The number of Topliss-reactive ketones (excluding diaryl/α,β-unsaturated/α-hetero) is 1. The van der Waals surface area contributed by atoms with Crippen LogP contribution in [-0.2, 0) is 16.0 Å². The molecule has 4 nitrogen and oxygen atoms in total. The van der Waals surface area contributed by atoms with Crippen LogP contribution in [0.2, 0.25) is 5.02 Å². The summed E-state index contributed by atoms with van der Waals surface area (Å²) in [5.74, 6) is 1.28. The molecule has 0 radical (unpaired) electrons. The summed E-state index contributed by atoms with van der Waals surface area (Å²) >= 11 is 9.68. The zero-order chi connectivity index (χ0) is 21.3. The molecule has 0 saturated carbocycles. The Labute approximate surface area is 190 Å². The van der Waals surface area contributed by atoms with Crippen LogP contribution in [0.5, 0.6) is 11.5 Å². The number of allylic oxidation sites excluding steroid dienone is 2. The normalized spacial score (nSPS) is 18.7. The molecular formula is C24H24BrClO4. The number of carbonyl (C=O) groups is 1. The van der Waals surface area contributed by atoms with Crippen LogP contribution >= 0.6 is 27.5 Å². The van der Waals surface area contributed by atoms with Gasteiger partial charge in [0, 0.05) is 30.5 Å². The van der Waals surface area contributed by atoms with E-state index >= 15 is 0 Å². The molecule has 2 aromatic carbocycles. The van der Waals surface area contributed by atoms with Crippen molar-refractivity contribution in [1.82, 2.24) is 0 Å². The fraction of sp³-hybridized carbons (Fsp3) is 0.375. The summed E-state index contributed by atoms with van der Waals surface area (Å²) in [5, 5.41) is 11.4. The minimum Gasteiger partial charge on any atom is -0.512 e. The van der Waals surface area contributed by atoms with Gasteiger partial charge < -0.3 is 14.6 Å².